The monoisotopic (exact) mass is 228 g/mol. The van der Waals surface area contributed by atoms with Crippen LogP contribution >= 0.6 is 0 Å². The first-order valence-electron chi connectivity index (χ1n) is 6.62. The number of nitrogens with two attached hydrogens (primary N) is 1. The highest BCUT2D eigenvalue weighted by Crippen LogP contribution is 2.24. The molecule has 1 aliphatic rings. The van der Waals surface area contributed by atoms with E-state index in [-0.39, 0.29) is 6.10 Å². The molecule has 0 aromatic rings. The second kappa shape index (κ2) is 7.25. The molecule has 3 nitrogen and oxygen atoms in total. The van der Waals surface area contributed by atoms with Gasteiger partial charge < -0.3 is 15.4 Å². The Morgan fingerprint density at radius 3 is 2.62 bits per heavy atom. The standard InChI is InChI=1S/C13H28N2O/c1-11(2)12-5-4-7-15(8-6-12)10-13(9-14)16-3/h11-13H,4-10,14H2,1-3H3. The topological polar surface area (TPSA) is 38.5 Å². The lowest BCUT2D eigenvalue weighted by atomic mass is 9.89. The van der Waals surface area contributed by atoms with Crippen molar-refractivity contribution in [2.24, 2.45) is 17.6 Å². The Balaban J connectivity index is 2.35. The summed E-state index contributed by atoms with van der Waals surface area (Å²) in [6, 6.07) is 0. The van der Waals surface area contributed by atoms with E-state index in [1.54, 1.807) is 7.11 Å². The summed E-state index contributed by atoms with van der Waals surface area (Å²) in [4.78, 5) is 2.52. The first-order valence-corrected chi connectivity index (χ1v) is 6.62. The molecule has 0 spiro atoms. The van der Waals surface area contributed by atoms with Crippen molar-refractivity contribution in [2.45, 2.75) is 39.2 Å². The van der Waals surface area contributed by atoms with Gasteiger partial charge in [-0.05, 0) is 44.2 Å². The van der Waals surface area contributed by atoms with Crippen LogP contribution in [0.1, 0.15) is 33.1 Å². The summed E-state index contributed by atoms with van der Waals surface area (Å²) >= 11 is 0. The zero-order chi connectivity index (χ0) is 12.0. The summed E-state index contributed by atoms with van der Waals surface area (Å²) in [6.07, 6.45) is 4.24. The van der Waals surface area contributed by atoms with E-state index in [1.165, 1.54) is 32.4 Å². The number of likely N-dealkylation sites (tertiary alicyclic amines) is 1. The van der Waals surface area contributed by atoms with E-state index < -0.39 is 0 Å². The third kappa shape index (κ3) is 4.40. The Kier molecular flexibility index (Phi) is 6.32. The van der Waals surface area contributed by atoms with Crippen molar-refractivity contribution < 1.29 is 4.74 Å². The van der Waals surface area contributed by atoms with Crippen LogP contribution in [-0.2, 0) is 4.74 Å². The molecular weight excluding hydrogens is 200 g/mol. The lowest BCUT2D eigenvalue weighted by Gasteiger charge is -2.25. The van der Waals surface area contributed by atoms with Gasteiger partial charge in [-0.1, -0.05) is 13.8 Å². The SMILES string of the molecule is COC(CN)CN1CCCC(C(C)C)CC1. The van der Waals surface area contributed by atoms with Crippen LogP contribution in [0.25, 0.3) is 0 Å². The number of hydrogen-bond donors (Lipinski definition) is 1. The van der Waals surface area contributed by atoms with Crippen molar-refractivity contribution in [3.63, 3.8) is 0 Å². The molecule has 2 N–H and O–H groups in total. The summed E-state index contributed by atoms with van der Waals surface area (Å²) in [6.45, 7) is 8.74. The van der Waals surface area contributed by atoms with E-state index in [2.05, 4.69) is 18.7 Å². The van der Waals surface area contributed by atoms with E-state index in [1.807, 2.05) is 0 Å². The third-order valence-corrected chi connectivity index (χ3v) is 3.87. The van der Waals surface area contributed by atoms with Crippen LogP contribution in [-0.4, -0.2) is 44.3 Å². The van der Waals surface area contributed by atoms with Crippen molar-refractivity contribution in [1.29, 1.82) is 0 Å². The second-order valence-electron chi connectivity index (χ2n) is 5.33. The number of rotatable bonds is 5. The maximum Gasteiger partial charge on any atom is 0.0820 e. The van der Waals surface area contributed by atoms with Gasteiger partial charge in [-0.15, -0.1) is 0 Å². The van der Waals surface area contributed by atoms with Gasteiger partial charge in [0.1, 0.15) is 0 Å². The molecule has 1 aliphatic heterocycles. The maximum absolute atomic E-state index is 5.66. The van der Waals surface area contributed by atoms with Crippen LogP contribution in [0.15, 0.2) is 0 Å². The molecule has 1 heterocycles. The number of nitrogens with zero attached hydrogens (tertiary/aromatic N) is 1. The van der Waals surface area contributed by atoms with Gasteiger partial charge in [-0.25, -0.2) is 0 Å². The summed E-state index contributed by atoms with van der Waals surface area (Å²) in [5.41, 5.74) is 5.66. The summed E-state index contributed by atoms with van der Waals surface area (Å²) in [5, 5.41) is 0. The Hall–Kier alpha value is -0.120. The van der Waals surface area contributed by atoms with Crippen LogP contribution in [0.2, 0.25) is 0 Å². The number of hydrogen-bond acceptors (Lipinski definition) is 3. The Morgan fingerprint density at radius 1 is 1.31 bits per heavy atom. The highest BCUT2D eigenvalue weighted by molar-refractivity contribution is 4.74. The lowest BCUT2D eigenvalue weighted by molar-refractivity contribution is 0.0705. The molecule has 0 saturated carbocycles. The van der Waals surface area contributed by atoms with Crippen molar-refractivity contribution in [1.82, 2.24) is 4.90 Å². The molecule has 0 radical (unpaired) electrons. The second-order valence-corrected chi connectivity index (χ2v) is 5.33. The maximum atomic E-state index is 5.66. The molecule has 3 heteroatoms. The smallest absolute Gasteiger partial charge is 0.0820 e. The molecular formula is C13H28N2O. The number of methoxy groups -OCH3 is 1. The predicted molar refractivity (Wildman–Crippen MR) is 68.5 cm³/mol. The Bertz CT molecular complexity index is 181. The minimum Gasteiger partial charge on any atom is -0.379 e. The molecule has 1 fully saturated rings. The molecule has 1 saturated heterocycles. The fraction of sp³-hybridized carbons (Fsp3) is 1.00. The van der Waals surface area contributed by atoms with Crippen LogP contribution < -0.4 is 5.73 Å². The molecule has 0 aromatic carbocycles. The van der Waals surface area contributed by atoms with Gasteiger partial charge in [0, 0.05) is 20.2 Å². The van der Waals surface area contributed by atoms with E-state index >= 15 is 0 Å². The minimum absolute atomic E-state index is 0.204. The lowest BCUT2D eigenvalue weighted by Crippen LogP contribution is -2.38. The van der Waals surface area contributed by atoms with Crippen molar-refractivity contribution >= 4 is 0 Å². The third-order valence-electron chi connectivity index (χ3n) is 3.87. The normalized spacial score (nSPS) is 25.7. The van der Waals surface area contributed by atoms with Gasteiger partial charge >= 0.3 is 0 Å². The molecule has 0 amide bonds. The van der Waals surface area contributed by atoms with Gasteiger partial charge in [0.15, 0.2) is 0 Å². The van der Waals surface area contributed by atoms with E-state index in [9.17, 15) is 0 Å². The zero-order valence-electron chi connectivity index (χ0n) is 11.1. The van der Waals surface area contributed by atoms with Gasteiger partial charge in [0.2, 0.25) is 0 Å². The molecule has 0 bridgehead atoms. The molecule has 2 unspecified atom stereocenters. The predicted octanol–water partition coefficient (Wildman–Crippen LogP) is 1.72. The van der Waals surface area contributed by atoms with Crippen LogP contribution in [0.4, 0.5) is 0 Å². The van der Waals surface area contributed by atoms with E-state index in [0.29, 0.717) is 6.54 Å². The largest absolute Gasteiger partial charge is 0.379 e. The minimum atomic E-state index is 0.204. The highest BCUT2D eigenvalue weighted by Gasteiger charge is 2.20. The fourth-order valence-corrected chi connectivity index (χ4v) is 2.56. The Labute approximate surface area is 100 Å². The molecule has 96 valence electrons. The van der Waals surface area contributed by atoms with Crippen molar-refractivity contribution in [2.75, 3.05) is 33.3 Å². The van der Waals surface area contributed by atoms with Gasteiger partial charge in [-0.3, -0.25) is 0 Å². The van der Waals surface area contributed by atoms with Crippen LogP contribution in [0, 0.1) is 11.8 Å². The molecule has 16 heavy (non-hydrogen) atoms. The fourth-order valence-electron chi connectivity index (χ4n) is 2.56. The highest BCUT2D eigenvalue weighted by atomic mass is 16.5. The van der Waals surface area contributed by atoms with E-state index in [4.69, 9.17) is 10.5 Å². The molecule has 1 rings (SSSR count). The average molecular weight is 228 g/mol. The summed E-state index contributed by atoms with van der Waals surface area (Å²) in [7, 11) is 1.76. The first-order chi connectivity index (χ1) is 7.67. The van der Waals surface area contributed by atoms with Gasteiger partial charge in [-0.2, -0.15) is 0 Å². The van der Waals surface area contributed by atoms with Gasteiger partial charge in [0.05, 0.1) is 6.10 Å². The molecule has 2 atom stereocenters. The molecule has 0 aliphatic carbocycles. The average Bonchev–Trinajstić information content (AvgIpc) is 2.51. The first kappa shape index (κ1) is 13.9. The number of ether oxygens (including phenoxy) is 1. The summed E-state index contributed by atoms with van der Waals surface area (Å²) in [5.74, 6) is 1.73. The van der Waals surface area contributed by atoms with E-state index in [0.717, 1.165) is 18.4 Å². The van der Waals surface area contributed by atoms with Crippen LogP contribution in [0.5, 0.6) is 0 Å². The van der Waals surface area contributed by atoms with Gasteiger partial charge in [0.25, 0.3) is 0 Å². The van der Waals surface area contributed by atoms with Crippen molar-refractivity contribution in [3.05, 3.63) is 0 Å². The zero-order valence-corrected chi connectivity index (χ0v) is 11.1. The Morgan fingerprint density at radius 2 is 2.06 bits per heavy atom. The quantitative estimate of drug-likeness (QED) is 0.778. The summed E-state index contributed by atoms with van der Waals surface area (Å²) < 4.78 is 5.35. The van der Waals surface area contributed by atoms with Crippen LogP contribution in [0.3, 0.4) is 0 Å². The molecule has 0 aromatic heterocycles. The van der Waals surface area contributed by atoms with Crippen molar-refractivity contribution in [3.8, 4) is 0 Å².